The first-order valence-electron chi connectivity index (χ1n) is 8.13. The van der Waals surface area contributed by atoms with Crippen LogP contribution in [0, 0.1) is 0 Å². The molecule has 3 aromatic rings. The maximum Gasteiger partial charge on any atom is 0.322 e. The largest absolute Gasteiger partial charge is 0.322 e. The molecule has 1 aliphatic rings. The van der Waals surface area contributed by atoms with Gasteiger partial charge in [-0.2, -0.15) is 0 Å². The van der Waals surface area contributed by atoms with Gasteiger partial charge in [0.05, 0.1) is 11.7 Å². The number of pyridine rings is 2. The Morgan fingerprint density at radius 3 is 2.79 bits per heavy atom. The zero-order valence-electron chi connectivity index (χ0n) is 13.2. The standard InChI is InChI=1S/C19H18N4O/c24-19(22-17-4-1-3-15-13-21-11-8-16(15)17)23-12-2-5-18(23)14-6-9-20-10-7-14/h1,3-4,6-11,13,18H,2,5,12H2,(H,22,24). The molecule has 1 aliphatic heterocycles. The molecule has 5 heteroatoms. The lowest BCUT2D eigenvalue weighted by molar-refractivity contribution is 0.207. The predicted octanol–water partition coefficient (Wildman–Crippen LogP) is 4.00. The number of benzene rings is 1. The average Bonchev–Trinajstić information content (AvgIpc) is 3.13. The maximum atomic E-state index is 12.8. The number of likely N-dealkylation sites (tertiary alicyclic amines) is 1. The van der Waals surface area contributed by atoms with Gasteiger partial charge in [-0.15, -0.1) is 0 Å². The van der Waals surface area contributed by atoms with Crippen LogP contribution in [0.3, 0.4) is 0 Å². The van der Waals surface area contributed by atoms with Crippen LogP contribution in [0.1, 0.15) is 24.4 Å². The summed E-state index contributed by atoms with van der Waals surface area (Å²) >= 11 is 0. The van der Waals surface area contributed by atoms with Crippen LogP contribution >= 0.6 is 0 Å². The van der Waals surface area contributed by atoms with Gasteiger partial charge < -0.3 is 10.2 Å². The van der Waals surface area contributed by atoms with Crippen molar-refractivity contribution in [1.82, 2.24) is 14.9 Å². The molecule has 1 fully saturated rings. The molecule has 0 aliphatic carbocycles. The fraction of sp³-hybridized carbons (Fsp3) is 0.211. The third-order valence-corrected chi connectivity index (χ3v) is 4.53. The summed E-state index contributed by atoms with van der Waals surface area (Å²) in [5, 5.41) is 5.09. The fourth-order valence-corrected chi connectivity index (χ4v) is 3.36. The highest BCUT2D eigenvalue weighted by Crippen LogP contribution is 2.32. The third-order valence-electron chi connectivity index (χ3n) is 4.53. The smallest absolute Gasteiger partial charge is 0.317 e. The van der Waals surface area contributed by atoms with Gasteiger partial charge in [0.25, 0.3) is 0 Å². The number of carbonyl (C=O) groups is 1. The molecule has 2 aromatic heterocycles. The Labute approximate surface area is 140 Å². The Hall–Kier alpha value is -2.95. The van der Waals surface area contributed by atoms with Crippen LogP contribution in [-0.2, 0) is 0 Å². The molecule has 1 N–H and O–H groups in total. The topological polar surface area (TPSA) is 58.1 Å². The van der Waals surface area contributed by atoms with Gasteiger partial charge in [-0.1, -0.05) is 12.1 Å². The Morgan fingerprint density at radius 2 is 1.92 bits per heavy atom. The lowest BCUT2D eigenvalue weighted by Crippen LogP contribution is -2.34. The molecular formula is C19H18N4O. The summed E-state index contributed by atoms with van der Waals surface area (Å²) in [6.45, 7) is 0.769. The van der Waals surface area contributed by atoms with Crippen LogP contribution in [0.25, 0.3) is 10.8 Å². The number of nitrogens with zero attached hydrogens (tertiary/aromatic N) is 3. The molecule has 120 valence electrons. The first kappa shape index (κ1) is 14.6. The van der Waals surface area contributed by atoms with E-state index in [0.717, 1.165) is 41.4 Å². The van der Waals surface area contributed by atoms with Gasteiger partial charge in [-0.05, 0) is 42.7 Å². The van der Waals surface area contributed by atoms with Crippen LogP contribution in [0.5, 0.6) is 0 Å². The van der Waals surface area contributed by atoms with Gasteiger partial charge in [0.15, 0.2) is 0 Å². The molecule has 4 rings (SSSR count). The summed E-state index contributed by atoms with van der Waals surface area (Å²) in [6.07, 6.45) is 9.11. The van der Waals surface area contributed by atoms with Crippen LogP contribution in [0.2, 0.25) is 0 Å². The van der Waals surface area contributed by atoms with Crippen molar-refractivity contribution in [3.63, 3.8) is 0 Å². The highest BCUT2D eigenvalue weighted by Gasteiger charge is 2.30. The molecule has 1 atom stereocenters. The molecule has 0 bridgehead atoms. The lowest BCUT2D eigenvalue weighted by atomic mass is 10.1. The number of fused-ring (bicyclic) bond motifs is 1. The lowest BCUT2D eigenvalue weighted by Gasteiger charge is -2.25. The number of aromatic nitrogens is 2. The van der Waals surface area contributed by atoms with Crippen molar-refractivity contribution in [2.75, 3.05) is 11.9 Å². The molecule has 1 aromatic carbocycles. The van der Waals surface area contributed by atoms with Crippen molar-refractivity contribution in [1.29, 1.82) is 0 Å². The van der Waals surface area contributed by atoms with E-state index >= 15 is 0 Å². The SMILES string of the molecule is O=C(Nc1cccc2cnccc12)N1CCCC1c1ccncc1. The number of anilines is 1. The molecule has 2 amide bonds. The highest BCUT2D eigenvalue weighted by atomic mass is 16.2. The highest BCUT2D eigenvalue weighted by molar-refractivity contribution is 6.01. The number of urea groups is 1. The van der Waals surface area contributed by atoms with E-state index in [2.05, 4.69) is 15.3 Å². The Bertz CT molecular complexity index is 860. The molecule has 1 unspecified atom stereocenters. The number of carbonyl (C=O) groups excluding carboxylic acids is 1. The normalized spacial score (nSPS) is 17.2. The summed E-state index contributed by atoms with van der Waals surface area (Å²) in [4.78, 5) is 22.9. The van der Waals surface area contributed by atoms with Gasteiger partial charge >= 0.3 is 6.03 Å². The molecule has 0 radical (unpaired) electrons. The number of rotatable bonds is 2. The van der Waals surface area contributed by atoms with Gasteiger partial charge in [0, 0.05) is 42.1 Å². The molecule has 5 nitrogen and oxygen atoms in total. The van der Waals surface area contributed by atoms with E-state index in [1.165, 1.54) is 0 Å². The monoisotopic (exact) mass is 318 g/mol. The van der Waals surface area contributed by atoms with E-state index < -0.39 is 0 Å². The van der Waals surface area contributed by atoms with E-state index in [4.69, 9.17) is 0 Å². The first-order valence-corrected chi connectivity index (χ1v) is 8.13. The van der Waals surface area contributed by atoms with Crippen molar-refractivity contribution in [3.8, 4) is 0 Å². The van der Waals surface area contributed by atoms with Crippen LogP contribution < -0.4 is 5.32 Å². The second-order valence-corrected chi connectivity index (χ2v) is 5.96. The van der Waals surface area contributed by atoms with E-state index in [1.807, 2.05) is 41.3 Å². The van der Waals surface area contributed by atoms with Crippen LogP contribution in [-0.4, -0.2) is 27.4 Å². The van der Waals surface area contributed by atoms with E-state index in [9.17, 15) is 4.79 Å². The Balaban J connectivity index is 1.59. The van der Waals surface area contributed by atoms with E-state index in [0.29, 0.717) is 0 Å². The van der Waals surface area contributed by atoms with Gasteiger partial charge in [-0.3, -0.25) is 9.97 Å². The number of nitrogens with one attached hydrogen (secondary N) is 1. The fourth-order valence-electron chi connectivity index (χ4n) is 3.36. The first-order chi connectivity index (χ1) is 11.8. The number of amides is 2. The Kier molecular flexibility index (Phi) is 3.83. The summed E-state index contributed by atoms with van der Waals surface area (Å²) in [7, 11) is 0. The van der Waals surface area contributed by atoms with Crippen molar-refractivity contribution in [2.45, 2.75) is 18.9 Å². The summed E-state index contributed by atoms with van der Waals surface area (Å²) in [6, 6.07) is 11.8. The second-order valence-electron chi connectivity index (χ2n) is 5.96. The van der Waals surface area contributed by atoms with Crippen molar-refractivity contribution < 1.29 is 4.79 Å². The predicted molar refractivity (Wildman–Crippen MR) is 93.7 cm³/mol. The van der Waals surface area contributed by atoms with Crippen LogP contribution in [0.4, 0.5) is 10.5 Å². The van der Waals surface area contributed by atoms with E-state index in [-0.39, 0.29) is 12.1 Å². The number of hydrogen-bond acceptors (Lipinski definition) is 3. The van der Waals surface area contributed by atoms with Crippen LogP contribution in [0.15, 0.2) is 61.2 Å². The molecule has 1 saturated heterocycles. The van der Waals surface area contributed by atoms with Gasteiger partial charge in [0.1, 0.15) is 0 Å². The minimum atomic E-state index is -0.0568. The molecule has 3 heterocycles. The summed E-state index contributed by atoms with van der Waals surface area (Å²) in [5.74, 6) is 0. The van der Waals surface area contributed by atoms with Crippen molar-refractivity contribution >= 4 is 22.5 Å². The molecular weight excluding hydrogens is 300 g/mol. The number of hydrogen-bond donors (Lipinski definition) is 1. The average molecular weight is 318 g/mol. The Morgan fingerprint density at radius 1 is 1.08 bits per heavy atom. The van der Waals surface area contributed by atoms with Crippen molar-refractivity contribution in [2.24, 2.45) is 0 Å². The van der Waals surface area contributed by atoms with Gasteiger partial charge in [-0.25, -0.2) is 4.79 Å². The second kappa shape index (κ2) is 6.28. The van der Waals surface area contributed by atoms with E-state index in [1.54, 1.807) is 24.8 Å². The van der Waals surface area contributed by atoms with Gasteiger partial charge in [0.2, 0.25) is 0 Å². The minimum absolute atomic E-state index is 0.0568. The third kappa shape index (κ3) is 2.69. The summed E-state index contributed by atoms with van der Waals surface area (Å²) in [5.41, 5.74) is 1.96. The maximum absolute atomic E-state index is 12.8. The minimum Gasteiger partial charge on any atom is -0.317 e. The molecule has 24 heavy (non-hydrogen) atoms. The summed E-state index contributed by atoms with van der Waals surface area (Å²) < 4.78 is 0. The molecule has 0 saturated carbocycles. The zero-order chi connectivity index (χ0) is 16.4. The molecule has 0 spiro atoms. The van der Waals surface area contributed by atoms with Crippen molar-refractivity contribution in [3.05, 3.63) is 66.7 Å². The zero-order valence-corrected chi connectivity index (χ0v) is 13.2. The quantitative estimate of drug-likeness (QED) is 0.777.